The molecule has 0 aliphatic rings. The van der Waals surface area contributed by atoms with Gasteiger partial charge in [0.25, 0.3) is 5.91 Å². The van der Waals surface area contributed by atoms with Crippen LogP contribution < -0.4 is 5.32 Å². The summed E-state index contributed by atoms with van der Waals surface area (Å²) >= 11 is 5.71. The van der Waals surface area contributed by atoms with Gasteiger partial charge in [-0.2, -0.15) is 0 Å². The zero-order chi connectivity index (χ0) is 12.1. The van der Waals surface area contributed by atoms with Crippen LogP contribution in [0.4, 0.5) is 0 Å². The summed E-state index contributed by atoms with van der Waals surface area (Å²) in [6.07, 6.45) is 3.96. The van der Waals surface area contributed by atoms with E-state index in [1.165, 1.54) is 0 Å². The highest BCUT2D eigenvalue weighted by Gasteiger charge is 2.18. The molecule has 0 spiro atoms. The van der Waals surface area contributed by atoms with Crippen LogP contribution >= 0.6 is 11.6 Å². The zero-order valence-electron chi connectivity index (χ0n) is 9.90. The number of carbonyl (C=O) groups excluding carboxylic acids is 1. The molecule has 1 amide bonds. The Labute approximate surface area is 101 Å². The van der Waals surface area contributed by atoms with E-state index < -0.39 is 0 Å². The number of nitrogens with one attached hydrogen (secondary N) is 1. The van der Waals surface area contributed by atoms with Gasteiger partial charge in [-0.05, 0) is 12.3 Å². The average molecular weight is 244 g/mol. The number of aromatic nitrogens is 2. The van der Waals surface area contributed by atoms with Crippen molar-refractivity contribution in [1.82, 2.24) is 14.9 Å². The molecule has 16 heavy (non-hydrogen) atoms. The molecule has 0 saturated heterocycles. The Morgan fingerprint density at radius 1 is 1.62 bits per heavy atom. The Morgan fingerprint density at radius 3 is 2.75 bits per heavy atom. The van der Waals surface area contributed by atoms with Crippen molar-refractivity contribution in [2.45, 2.75) is 26.3 Å². The van der Waals surface area contributed by atoms with Gasteiger partial charge in [-0.25, -0.2) is 4.98 Å². The predicted molar refractivity (Wildman–Crippen MR) is 64.6 cm³/mol. The number of halogens is 1. The minimum atomic E-state index is -0.0937. The van der Waals surface area contributed by atoms with Gasteiger partial charge in [-0.15, -0.1) is 11.6 Å². The van der Waals surface area contributed by atoms with Crippen LogP contribution in [0.5, 0.6) is 0 Å². The Bertz CT molecular complexity index is 349. The average Bonchev–Trinajstić information content (AvgIpc) is 2.63. The second-order valence-electron chi connectivity index (χ2n) is 4.19. The number of hydrogen-bond donors (Lipinski definition) is 1. The fraction of sp³-hybridized carbons (Fsp3) is 0.636. The highest BCUT2D eigenvalue weighted by atomic mass is 35.5. The second-order valence-corrected chi connectivity index (χ2v) is 4.57. The van der Waals surface area contributed by atoms with E-state index in [-0.39, 0.29) is 11.9 Å². The number of aryl methyl sites for hydroxylation is 1. The van der Waals surface area contributed by atoms with Gasteiger partial charge < -0.3 is 9.88 Å². The molecule has 0 bridgehead atoms. The molecule has 0 aliphatic heterocycles. The summed E-state index contributed by atoms with van der Waals surface area (Å²) in [7, 11) is 1.80. The molecular formula is C11H18ClN3O. The van der Waals surface area contributed by atoms with Crippen molar-refractivity contribution in [3.05, 3.63) is 18.2 Å². The number of alkyl halides is 1. The van der Waals surface area contributed by atoms with Crippen molar-refractivity contribution in [2.24, 2.45) is 13.0 Å². The Kier molecular flexibility index (Phi) is 4.80. The molecular weight excluding hydrogens is 226 g/mol. The summed E-state index contributed by atoms with van der Waals surface area (Å²) in [6, 6.07) is 0.111. The van der Waals surface area contributed by atoms with Gasteiger partial charge in [-0.1, -0.05) is 13.8 Å². The highest BCUT2D eigenvalue weighted by molar-refractivity contribution is 6.17. The smallest absolute Gasteiger partial charge is 0.269 e. The third kappa shape index (κ3) is 3.23. The van der Waals surface area contributed by atoms with Crippen LogP contribution in [0.2, 0.25) is 0 Å². The molecule has 90 valence electrons. The van der Waals surface area contributed by atoms with Gasteiger partial charge in [0.05, 0.1) is 12.5 Å². The van der Waals surface area contributed by atoms with Gasteiger partial charge in [-0.3, -0.25) is 4.79 Å². The molecule has 0 aromatic carbocycles. The van der Waals surface area contributed by atoms with E-state index in [4.69, 9.17) is 11.6 Å². The number of hydrogen-bond acceptors (Lipinski definition) is 2. The van der Waals surface area contributed by atoms with E-state index in [0.717, 1.165) is 6.42 Å². The van der Waals surface area contributed by atoms with Gasteiger partial charge in [0, 0.05) is 19.0 Å². The lowest BCUT2D eigenvalue weighted by Crippen LogP contribution is -2.39. The summed E-state index contributed by atoms with van der Waals surface area (Å²) in [5.74, 6) is 0.828. The predicted octanol–water partition coefficient (Wildman–Crippen LogP) is 1.80. The molecule has 0 aliphatic carbocycles. The van der Waals surface area contributed by atoms with E-state index in [2.05, 4.69) is 24.1 Å². The minimum Gasteiger partial charge on any atom is -0.348 e. The summed E-state index contributed by atoms with van der Waals surface area (Å²) in [4.78, 5) is 15.8. The maximum atomic E-state index is 11.9. The van der Waals surface area contributed by atoms with Gasteiger partial charge in [0.2, 0.25) is 0 Å². The highest BCUT2D eigenvalue weighted by Crippen LogP contribution is 2.08. The van der Waals surface area contributed by atoms with Gasteiger partial charge in [0.15, 0.2) is 0 Å². The molecule has 0 saturated carbocycles. The first-order valence-electron chi connectivity index (χ1n) is 5.39. The molecule has 1 rings (SSSR count). The molecule has 5 heteroatoms. The van der Waals surface area contributed by atoms with Crippen LogP contribution in [0, 0.1) is 5.92 Å². The van der Waals surface area contributed by atoms with Crippen molar-refractivity contribution in [1.29, 1.82) is 0 Å². The number of imidazole rings is 1. The molecule has 4 nitrogen and oxygen atoms in total. The Hall–Kier alpha value is -1.03. The van der Waals surface area contributed by atoms with Crippen LogP contribution in [0.1, 0.15) is 30.8 Å². The van der Waals surface area contributed by atoms with Crippen LogP contribution in [0.15, 0.2) is 12.5 Å². The number of rotatable bonds is 5. The summed E-state index contributed by atoms with van der Waals surface area (Å²) in [5, 5.41) is 2.98. The molecule has 1 atom stereocenters. The molecule has 1 N–H and O–H groups in total. The molecule has 0 radical (unpaired) electrons. The van der Waals surface area contributed by atoms with Crippen molar-refractivity contribution >= 4 is 17.5 Å². The number of nitrogens with zero attached hydrogens (tertiary/aromatic N) is 2. The standard InChI is InChI=1S/C11H18ClN3O/c1-8(2)9(4-5-12)14-11(16)10-6-13-7-15(10)3/h6-9H,4-5H2,1-3H3,(H,14,16). The van der Waals surface area contributed by atoms with Crippen LogP contribution in [0.25, 0.3) is 0 Å². The van der Waals surface area contributed by atoms with E-state index in [1.54, 1.807) is 24.1 Å². The minimum absolute atomic E-state index is 0.0937. The topological polar surface area (TPSA) is 46.9 Å². The Morgan fingerprint density at radius 2 is 2.31 bits per heavy atom. The van der Waals surface area contributed by atoms with E-state index in [0.29, 0.717) is 17.5 Å². The maximum absolute atomic E-state index is 11.9. The molecule has 1 heterocycles. The monoisotopic (exact) mass is 243 g/mol. The van der Waals surface area contributed by atoms with Crippen LogP contribution in [-0.4, -0.2) is 27.4 Å². The van der Waals surface area contributed by atoms with Crippen molar-refractivity contribution in [2.75, 3.05) is 5.88 Å². The fourth-order valence-corrected chi connectivity index (χ4v) is 1.74. The largest absolute Gasteiger partial charge is 0.348 e. The second kappa shape index (κ2) is 5.89. The first-order chi connectivity index (χ1) is 7.56. The van der Waals surface area contributed by atoms with Gasteiger partial charge >= 0.3 is 0 Å². The zero-order valence-corrected chi connectivity index (χ0v) is 10.7. The first-order valence-corrected chi connectivity index (χ1v) is 5.92. The molecule has 1 unspecified atom stereocenters. The quantitative estimate of drug-likeness (QED) is 0.802. The maximum Gasteiger partial charge on any atom is 0.269 e. The summed E-state index contributed by atoms with van der Waals surface area (Å²) in [5.41, 5.74) is 0.570. The van der Waals surface area contributed by atoms with E-state index in [1.807, 2.05) is 0 Å². The lowest BCUT2D eigenvalue weighted by molar-refractivity contribution is 0.0916. The van der Waals surface area contributed by atoms with Crippen molar-refractivity contribution in [3.8, 4) is 0 Å². The van der Waals surface area contributed by atoms with E-state index in [9.17, 15) is 4.79 Å². The van der Waals surface area contributed by atoms with Crippen LogP contribution in [-0.2, 0) is 7.05 Å². The lowest BCUT2D eigenvalue weighted by atomic mass is 10.0. The molecule has 1 aromatic rings. The number of amides is 1. The lowest BCUT2D eigenvalue weighted by Gasteiger charge is -2.21. The summed E-state index contributed by atoms with van der Waals surface area (Å²) in [6.45, 7) is 4.14. The molecule has 1 aromatic heterocycles. The SMILES string of the molecule is CC(C)C(CCCl)NC(=O)c1cncn1C. The summed E-state index contributed by atoms with van der Waals surface area (Å²) < 4.78 is 1.70. The molecule has 0 fully saturated rings. The Balaban J connectivity index is 2.65. The third-order valence-electron chi connectivity index (χ3n) is 2.59. The van der Waals surface area contributed by atoms with Crippen molar-refractivity contribution in [3.63, 3.8) is 0 Å². The third-order valence-corrected chi connectivity index (χ3v) is 2.81. The van der Waals surface area contributed by atoms with Crippen LogP contribution in [0.3, 0.4) is 0 Å². The van der Waals surface area contributed by atoms with E-state index >= 15 is 0 Å². The first kappa shape index (κ1) is 13.0. The fourth-order valence-electron chi connectivity index (χ4n) is 1.51. The van der Waals surface area contributed by atoms with Crippen molar-refractivity contribution < 1.29 is 4.79 Å². The number of carbonyl (C=O) groups is 1. The van der Waals surface area contributed by atoms with Gasteiger partial charge in [0.1, 0.15) is 5.69 Å². The normalized spacial score (nSPS) is 12.8.